The Morgan fingerprint density at radius 1 is 1.29 bits per heavy atom. The fourth-order valence-electron chi connectivity index (χ4n) is 3.12. The van der Waals surface area contributed by atoms with E-state index in [-0.39, 0.29) is 0 Å². The molecule has 0 N–H and O–H groups in total. The molecule has 0 aliphatic carbocycles. The highest BCUT2D eigenvalue weighted by atomic mass is 16.5. The first-order valence-corrected chi connectivity index (χ1v) is 5.74. The lowest BCUT2D eigenvalue weighted by molar-refractivity contribution is -0.200. The molecule has 0 radical (unpaired) electrons. The Hall–Kier alpha value is -0.0800. The molecule has 82 valence electrons. The molecule has 0 saturated carbocycles. The average Bonchev–Trinajstić information content (AvgIpc) is 2.05. The molecule has 2 heterocycles. The molecule has 0 aromatic carbocycles. The largest absolute Gasteiger partial charge is 0.380 e. The van der Waals surface area contributed by atoms with Crippen LogP contribution in [0.1, 0.15) is 27.2 Å². The van der Waals surface area contributed by atoms with E-state index in [2.05, 4.69) is 32.7 Å². The summed E-state index contributed by atoms with van der Waals surface area (Å²) in [7, 11) is 2.24. The van der Waals surface area contributed by atoms with Gasteiger partial charge in [-0.1, -0.05) is 20.8 Å². The minimum Gasteiger partial charge on any atom is -0.380 e. The van der Waals surface area contributed by atoms with Crippen LogP contribution in [0.15, 0.2) is 0 Å². The van der Waals surface area contributed by atoms with Crippen LogP contribution in [0.25, 0.3) is 0 Å². The molecule has 0 aromatic heterocycles. The van der Waals surface area contributed by atoms with E-state index in [0.29, 0.717) is 10.8 Å². The van der Waals surface area contributed by atoms with Gasteiger partial charge in [0.25, 0.3) is 0 Å². The molecular formula is C12H23NO. The van der Waals surface area contributed by atoms with E-state index in [1.807, 2.05) is 0 Å². The molecule has 2 aliphatic rings. The van der Waals surface area contributed by atoms with Crippen LogP contribution < -0.4 is 0 Å². The highest BCUT2D eigenvalue weighted by Crippen LogP contribution is 2.53. The first-order valence-electron chi connectivity index (χ1n) is 5.74. The Morgan fingerprint density at radius 2 is 1.93 bits per heavy atom. The third kappa shape index (κ3) is 1.31. The van der Waals surface area contributed by atoms with Gasteiger partial charge in [-0.15, -0.1) is 0 Å². The minimum absolute atomic E-state index is 0.440. The summed E-state index contributed by atoms with van der Waals surface area (Å²) < 4.78 is 5.49. The van der Waals surface area contributed by atoms with Gasteiger partial charge in [-0.2, -0.15) is 0 Å². The van der Waals surface area contributed by atoms with Crippen LogP contribution in [-0.4, -0.2) is 38.3 Å². The van der Waals surface area contributed by atoms with Crippen molar-refractivity contribution >= 4 is 0 Å². The van der Waals surface area contributed by atoms with Crippen LogP contribution in [0.3, 0.4) is 0 Å². The maximum atomic E-state index is 5.49. The van der Waals surface area contributed by atoms with Gasteiger partial charge >= 0.3 is 0 Å². The van der Waals surface area contributed by atoms with Gasteiger partial charge in [-0.3, -0.25) is 0 Å². The summed E-state index contributed by atoms with van der Waals surface area (Å²) in [5, 5.41) is 0. The minimum atomic E-state index is 0.440. The molecule has 2 rings (SSSR count). The van der Waals surface area contributed by atoms with E-state index in [4.69, 9.17) is 4.74 Å². The monoisotopic (exact) mass is 197 g/mol. The maximum Gasteiger partial charge on any atom is 0.0553 e. The molecule has 1 spiro atoms. The van der Waals surface area contributed by atoms with Crippen molar-refractivity contribution in [2.75, 3.05) is 33.4 Å². The van der Waals surface area contributed by atoms with Gasteiger partial charge in [0.05, 0.1) is 13.2 Å². The van der Waals surface area contributed by atoms with Crippen molar-refractivity contribution in [3.05, 3.63) is 0 Å². The molecule has 0 amide bonds. The Kier molecular flexibility index (Phi) is 2.39. The van der Waals surface area contributed by atoms with Crippen molar-refractivity contribution in [2.45, 2.75) is 27.2 Å². The van der Waals surface area contributed by atoms with E-state index >= 15 is 0 Å². The van der Waals surface area contributed by atoms with E-state index < -0.39 is 0 Å². The predicted molar refractivity (Wildman–Crippen MR) is 58.3 cm³/mol. The fourth-order valence-corrected chi connectivity index (χ4v) is 3.12. The van der Waals surface area contributed by atoms with Crippen LogP contribution in [0.2, 0.25) is 0 Å². The van der Waals surface area contributed by atoms with Crippen molar-refractivity contribution in [3.8, 4) is 0 Å². The third-order valence-electron chi connectivity index (χ3n) is 4.71. The Balaban J connectivity index is 2.24. The summed E-state index contributed by atoms with van der Waals surface area (Å²) in [5.41, 5.74) is 0.896. The van der Waals surface area contributed by atoms with Crippen LogP contribution in [0, 0.1) is 16.7 Å². The van der Waals surface area contributed by atoms with Crippen molar-refractivity contribution in [2.24, 2.45) is 16.7 Å². The van der Waals surface area contributed by atoms with Crippen molar-refractivity contribution in [1.82, 2.24) is 4.90 Å². The van der Waals surface area contributed by atoms with Gasteiger partial charge in [-0.05, 0) is 31.3 Å². The third-order valence-corrected chi connectivity index (χ3v) is 4.71. The first-order chi connectivity index (χ1) is 6.48. The Bertz CT molecular complexity index is 220. The van der Waals surface area contributed by atoms with E-state index in [1.165, 1.54) is 19.5 Å². The zero-order valence-corrected chi connectivity index (χ0v) is 9.97. The van der Waals surface area contributed by atoms with E-state index in [1.54, 1.807) is 0 Å². The standard InChI is InChI=1S/C12H23NO/c1-10-7-13(4)6-5-11(2,3)12(10)8-14-9-12/h10H,5-9H2,1-4H3. The number of ether oxygens (including phenoxy) is 1. The average molecular weight is 197 g/mol. The molecule has 2 saturated heterocycles. The fraction of sp³-hybridized carbons (Fsp3) is 1.00. The smallest absolute Gasteiger partial charge is 0.0553 e. The zero-order chi connectivity index (χ0) is 10.4. The molecule has 1 unspecified atom stereocenters. The zero-order valence-electron chi connectivity index (χ0n) is 9.97. The van der Waals surface area contributed by atoms with Gasteiger partial charge in [-0.25, -0.2) is 0 Å². The highest BCUT2D eigenvalue weighted by Gasteiger charge is 2.54. The van der Waals surface area contributed by atoms with Crippen LogP contribution >= 0.6 is 0 Å². The van der Waals surface area contributed by atoms with Gasteiger partial charge in [0.1, 0.15) is 0 Å². The SMILES string of the molecule is CC1CN(C)CCC(C)(C)C12COC2. The lowest BCUT2D eigenvalue weighted by Gasteiger charge is -2.55. The molecule has 14 heavy (non-hydrogen) atoms. The summed E-state index contributed by atoms with van der Waals surface area (Å²) in [5.74, 6) is 0.763. The number of hydrogen-bond donors (Lipinski definition) is 0. The molecule has 0 bridgehead atoms. The van der Waals surface area contributed by atoms with Crippen LogP contribution in [0.4, 0.5) is 0 Å². The van der Waals surface area contributed by atoms with Gasteiger partial charge in [0, 0.05) is 12.0 Å². The lowest BCUT2D eigenvalue weighted by atomic mass is 9.57. The van der Waals surface area contributed by atoms with Crippen LogP contribution in [0.5, 0.6) is 0 Å². The molecule has 2 fully saturated rings. The van der Waals surface area contributed by atoms with Gasteiger partial charge in [0.2, 0.25) is 0 Å². The lowest BCUT2D eigenvalue weighted by Crippen LogP contribution is -2.57. The highest BCUT2D eigenvalue weighted by molar-refractivity contribution is 5.03. The molecule has 1 atom stereocenters. The van der Waals surface area contributed by atoms with E-state index in [0.717, 1.165) is 19.1 Å². The van der Waals surface area contributed by atoms with Crippen molar-refractivity contribution in [1.29, 1.82) is 0 Å². The van der Waals surface area contributed by atoms with Gasteiger partial charge in [0.15, 0.2) is 0 Å². The summed E-state index contributed by atoms with van der Waals surface area (Å²) >= 11 is 0. The van der Waals surface area contributed by atoms with Crippen molar-refractivity contribution < 1.29 is 4.74 Å². The maximum absolute atomic E-state index is 5.49. The quantitative estimate of drug-likeness (QED) is 0.589. The molecule has 2 aliphatic heterocycles. The van der Waals surface area contributed by atoms with E-state index in [9.17, 15) is 0 Å². The Morgan fingerprint density at radius 3 is 2.43 bits per heavy atom. The summed E-state index contributed by atoms with van der Waals surface area (Å²) in [6.45, 7) is 11.7. The van der Waals surface area contributed by atoms with Crippen LogP contribution in [-0.2, 0) is 4.74 Å². The second-order valence-electron chi connectivity index (χ2n) is 5.95. The Labute approximate surface area is 87.6 Å². The number of nitrogens with zero attached hydrogens (tertiary/aromatic N) is 1. The topological polar surface area (TPSA) is 12.5 Å². The second kappa shape index (κ2) is 3.21. The van der Waals surface area contributed by atoms with Gasteiger partial charge < -0.3 is 9.64 Å². The molecule has 0 aromatic rings. The first kappa shape index (κ1) is 10.4. The molecule has 2 nitrogen and oxygen atoms in total. The molecule has 2 heteroatoms. The summed E-state index contributed by atoms with van der Waals surface area (Å²) in [4.78, 5) is 2.47. The summed E-state index contributed by atoms with van der Waals surface area (Å²) in [6.07, 6.45) is 1.30. The molecular weight excluding hydrogens is 174 g/mol. The number of rotatable bonds is 0. The number of likely N-dealkylation sites (tertiary alicyclic amines) is 1. The summed E-state index contributed by atoms with van der Waals surface area (Å²) in [6, 6.07) is 0. The second-order valence-corrected chi connectivity index (χ2v) is 5.95. The number of hydrogen-bond acceptors (Lipinski definition) is 2. The normalized spacial score (nSPS) is 36.4. The predicted octanol–water partition coefficient (Wildman–Crippen LogP) is 2.00. The van der Waals surface area contributed by atoms with Crippen molar-refractivity contribution in [3.63, 3.8) is 0 Å².